The van der Waals surface area contributed by atoms with Gasteiger partial charge in [-0.15, -0.1) is 0 Å². The summed E-state index contributed by atoms with van der Waals surface area (Å²) in [7, 11) is -0.867. The van der Waals surface area contributed by atoms with Crippen LogP contribution in [0.1, 0.15) is 20.3 Å². The molecule has 0 amide bonds. The molecular formula is C13H20BrNOS. The lowest BCUT2D eigenvalue weighted by molar-refractivity contribution is 0.550. The van der Waals surface area contributed by atoms with Crippen LogP contribution < -0.4 is 5.32 Å². The normalized spacial score (nSPS) is 12.9. The number of hydrogen-bond acceptors (Lipinski definition) is 2. The molecule has 1 atom stereocenters. The van der Waals surface area contributed by atoms with Crippen molar-refractivity contribution in [1.29, 1.82) is 0 Å². The molecule has 0 aliphatic heterocycles. The fourth-order valence-corrected chi connectivity index (χ4v) is 2.77. The zero-order chi connectivity index (χ0) is 12.7. The van der Waals surface area contributed by atoms with Gasteiger partial charge in [0.15, 0.2) is 0 Å². The van der Waals surface area contributed by atoms with Crippen LogP contribution in [0, 0.1) is 5.92 Å². The second-order valence-electron chi connectivity index (χ2n) is 4.46. The van der Waals surface area contributed by atoms with Crippen LogP contribution in [0.25, 0.3) is 0 Å². The van der Waals surface area contributed by atoms with Crippen molar-refractivity contribution >= 4 is 26.7 Å². The van der Waals surface area contributed by atoms with Crippen molar-refractivity contribution in [3.8, 4) is 0 Å². The highest BCUT2D eigenvalue weighted by atomic mass is 79.9. The van der Waals surface area contributed by atoms with Crippen molar-refractivity contribution < 1.29 is 4.21 Å². The largest absolute Gasteiger partial charge is 0.316 e. The Morgan fingerprint density at radius 1 is 1.29 bits per heavy atom. The summed E-state index contributed by atoms with van der Waals surface area (Å²) in [4.78, 5) is 0.914. The predicted molar refractivity (Wildman–Crippen MR) is 77.7 cm³/mol. The molecular weight excluding hydrogens is 298 g/mol. The van der Waals surface area contributed by atoms with Crippen molar-refractivity contribution in [1.82, 2.24) is 5.32 Å². The average Bonchev–Trinajstić information content (AvgIpc) is 2.29. The maximum Gasteiger partial charge on any atom is 0.0529 e. The highest BCUT2D eigenvalue weighted by Gasteiger charge is 2.03. The molecule has 17 heavy (non-hydrogen) atoms. The summed E-state index contributed by atoms with van der Waals surface area (Å²) >= 11 is 3.37. The Labute approximate surface area is 115 Å². The minimum atomic E-state index is -0.867. The van der Waals surface area contributed by atoms with Crippen molar-refractivity contribution in [2.75, 3.05) is 18.8 Å². The highest BCUT2D eigenvalue weighted by Crippen LogP contribution is 2.13. The molecule has 0 radical (unpaired) electrons. The van der Waals surface area contributed by atoms with Gasteiger partial charge in [-0.05, 0) is 49.7 Å². The summed E-state index contributed by atoms with van der Waals surface area (Å²) in [6, 6.07) is 7.71. The molecule has 1 aromatic rings. The van der Waals surface area contributed by atoms with E-state index in [4.69, 9.17) is 0 Å². The molecule has 0 aromatic heterocycles. The Bertz CT molecular complexity index is 351. The minimum Gasteiger partial charge on any atom is -0.316 e. The Kier molecular flexibility index (Phi) is 7.00. The molecule has 2 nitrogen and oxygen atoms in total. The maximum absolute atomic E-state index is 11.9. The van der Waals surface area contributed by atoms with Gasteiger partial charge < -0.3 is 5.32 Å². The molecule has 96 valence electrons. The van der Waals surface area contributed by atoms with E-state index >= 15 is 0 Å². The summed E-state index contributed by atoms with van der Waals surface area (Å²) in [5.41, 5.74) is 0. The molecule has 1 aromatic carbocycles. The Morgan fingerprint density at radius 2 is 1.94 bits per heavy atom. The van der Waals surface area contributed by atoms with Crippen LogP contribution in [0.3, 0.4) is 0 Å². The summed E-state index contributed by atoms with van der Waals surface area (Å²) in [6.45, 7) is 6.35. The molecule has 1 unspecified atom stereocenters. The third-order valence-electron chi connectivity index (χ3n) is 2.31. The monoisotopic (exact) mass is 317 g/mol. The van der Waals surface area contributed by atoms with Crippen LogP contribution >= 0.6 is 15.9 Å². The first-order chi connectivity index (χ1) is 8.09. The summed E-state index contributed by atoms with van der Waals surface area (Å²) in [5.74, 6) is 1.40. The first-order valence-corrected chi connectivity index (χ1v) is 8.05. The summed E-state index contributed by atoms with van der Waals surface area (Å²) in [6.07, 6.45) is 0.954. The van der Waals surface area contributed by atoms with Crippen molar-refractivity contribution in [2.24, 2.45) is 5.92 Å². The molecule has 0 saturated carbocycles. The quantitative estimate of drug-likeness (QED) is 0.782. The van der Waals surface area contributed by atoms with Crippen LogP contribution in [0.15, 0.2) is 33.6 Å². The molecule has 1 N–H and O–H groups in total. The maximum atomic E-state index is 11.9. The SMILES string of the molecule is CC(C)CNCCCS(=O)c1ccc(Br)cc1. The Morgan fingerprint density at radius 3 is 2.53 bits per heavy atom. The molecule has 0 saturated heterocycles. The number of halogens is 1. The first-order valence-electron chi connectivity index (χ1n) is 5.94. The van der Waals surface area contributed by atoms with E-state index < -0.39 is 10.8 Å². The lowest BCUT2D eigenvalue weighted by Crippen LogP contribution is -2.21. The summed E-state index contributed by atoms with van der Waals surface area (Å²) < 4.78 is 12.9. The van der Waals surface area contributed by atoms with Crippen LogP contribution in [-0.4, -0.2) is 23.1 Å². The van der Waals surface area contributed by atoms with E-state index in [-0.39, 0.29) is 0 Å². The number of rotatable bonds is 7. The lowest BCUT2D eigenvalue weighted by atomic mass is 10.2. The molecule has 1 rings (SSSR count). The third kappa shape index (κ3) is 6.34. The Hall–Kier alpha value is -0.190. The minimum absolute atomic E-state index is 0.673. The van der Waals surface area contributed by atoms with Gasteiger partial charge in [-0.25, -0.2) is 0 Å². The molecule has 0 fully saturated rings. The van der Waals surface area contributed by atoms with E-state index in [1.807, 2.05) is 24.3 Å². The Balaban J connectivity index is 2.23. The zero-order valence-corrected chi connectivity index (χ0v) is 12.8. The number of nitrogens with one attached hydrogen (secondary N) is 1. The first kappa shape index (κ1) is 14.9. The molecule has 0 spiro atoms. The van der Waals surface area contributed by atoms with Gasteiger partial charge in [-0.2, -0.15) is 0 Å². The molecule has 0 heterocycles. The highest BCUT2D eigenvalue weighted by molar-refractivity contribution is 9.10. The number of hydrogen-bond donors (Lipinski definition) is 1. The van der Waals surface area contributed by atoms with Gasteiger partial charge in [0, 0.05) is 15.1 Å². The second kappa shape index (κ2) is 8.01. The smallest absolute Gasteiger partial charge is 0.0529 e. The summed E-state index contributed by atoms with van der Waals surface area (Å²) in [5, 5.41) is 3.36. The van der Waals surface area contributed by atoms with Gasteiger partial charge in [-0.1, -0.05) is 29.8 Å². The molecule has 4 heteroatoms. The van der Waals surface area contributed by atoms with Gasteiger partial charge in [0.2, 0.25) is 0 Å². The van der Waals surface area contributed by atoms with Gasteiger partial charge in [0.25, 0.3) is 0 Å². The topological polar surface area (TPSA) is 29.1 Å². The van der Waals surface area contributed by atoms with E-state index in [0.717, 1.165) is 34.6 Å². The van der Waals surface area contributed by atoms with Crippen molar-refractivity contribution in [2.45, 2.75) is 25.2 Å². The van der Waals surface area contributed by atoms with E-state index in [1.54, 1.807) is 0 Å². The molecule has 0 aliphatic rings. The van der Waals surface area contributed by atoms with Crippen LogP contribution in [0.2, 0.25) is 0 Å². The van der Waals surface area contributed by atoms with E-state index in [0.29, 0.717) is 5.92 Å². The van der Waals surface area contributed by atoms with E-state index in [1.165, 1.54) is 0 Å². The van der Waals surface area contributed by atoms with Gasteiger partial charge in [0.1, 0.15) is 0 Å². The van der Waals surface area contributed by atoms with Crippen LogP contribution in [0.4, 0.5) is 0 Å². The van der Waals surface area contributed by atoms with Gasteiger partial charge in [0.05, 0.1) is 10.8 Å². The lowest BCUT2D eigenvalue weighted by Gasteiger charge is -2.07. The van der Waals surface area contributed by atoms with Gasteiger partial charge >= 0.3 is 0 Å². The third-order valence-corrected chi connectivity index (χ3v) is 4.30. The second-order valence-corrected chi connectivity index (χ2v) is 6.94. The predicted octanol–water partition coefficient (Wildman–Crippen LogP) is 3.19. The molecule has 0 bridgehead atoms. The molecule has 0 aliphatic carbocycles. The standard InChI is InChI=1S/C13H20BrNOS/c1-11(2)10-15-8-3-9-17(16)13-6-4-12(14)5-7-13/h4-7,11,15H,3,8-10H2,1-2H3. The van der Waals surface area contributed by atoms with Crippen molar-refractivity contribution in [3.63, 3.8) is 0 Å². The van der Waals surface area contributed by atoms with E-state index in [2.05, 4.69) is 35.1 Å². The van der Waals surface area contributed by atoms with Crippen LogP contribution in [-0.2, 0) is 10.8 Å². The van der Waals surface area contributed by atoms with Crippen LogP contribution in [0.5, 0.6) is 0 Å². The number of benzene rings is 1. The average molecular weight is 318 g/mol. The van der Waals surface area contributed by atoms with Crippen molar-refractivity contribution in [3.05, 3.63) is 28.7 Å². The van der Waals surface area contributed by atoms with E-state index in [9.17, 15) is 4.21 Å². The zero-order valence-electron chi connectivity index (χ0n) is 10.4. The van der Waals surface area contributed by atoms with Gasteiger partial charge in [-0.3, -0.25) is 4.21 Å². The fourth-order valence-electron chi connectivity index (χ4n) is 1.42. The fraction of sp³-hybridized carbons (Fsp3) is 0.538.